The second-order valence-corrected chi connectivity index (χ2v) is 24.7. The van der Waals surface area contributed by atoms with Gasteiger partial charge in [0.15, 0.2) is 0 Å². The molecule has 0 aliphatic carbocycles. The zero-order valence-electron chi connectivity index (χ0n) is 22.5. The molecule has 0 bridgehead atoms. The Kier molecular flexibility index (Phi) is 14.1. The summed E-state index contributed by atoms with van der Waals surface area (Å²) in [4.78, 5) is 0. The van der Waals surface area contributed by atoms with Crippen molar-refractivity contribution in [3.63, 3.8) is 0 Å². The molecule has 6 rings (SSSR count). The van der Waals surface area contributed by atoms with E-state index in [-0.39, 0.29) is 0 Å². The van der Waals surface area contributed by atoms with Crippen LogP contribution in [0.4, 0.5) is 0 Å². The molecule has 0 saturated carbocycles. The van der Waals surface area contributed by atoms with E-state index in [9.17, 15) is 0 Å². The molecule has 0 saturated heterocycles. The van der Waals surface area contributed by atoms with Gasteiger partial charge in [0.2, 0.25) is 0 Å². The van der Waals surface area contributed by atoms with Gasteiger partial charge in [-0.3, -0.25) is 0 Å². The van der Waals surface area contributed by atoms with Gasteiger partial charge >= 0.3 is 273 Å². The third-order valence-electron chi connectivity index (χ3n) is 6.80. The van der Waals surface area contributed by atoms with E-state index in [0.29, 0.717) is 0 Å². The van der Waals surface area contributed by atoms with Gasteiger partial charge in [-0.2, -0.15) is 0 Å². The van der Waals surface area contributed by atoms with Gasteiger partial charge in [-0.25, -0.2) is 0 Å². The molecule has 0 unspecified atom stereocenters. The molecule has 0 spiro atoms. The molecule has 0 aromatic heterocycles. The fourth-order valence-corrected chi connectivity index (χ4v) is 17.5. The summed E-state index contributed by atoms with van der Waals surface area (Å²) in [6.07, 6.45) is 0. The van der Waals surface area contributed by atoms with Crippen LogP contribution in [-0.2, 0) is 16.5 Å². The van der Waals surface area contributed by atoms with Crippen molar-refractivity contribution in [2.24, 2.45) is 0 Å². The summed E-state index contributed by atoms with van der Waals surface area (Å²) in [6.45, 7) is 0. The Morgan fingerprint density at radius 2 is 0.390 bits per heavy atom. The molecule has 6 aromatic carbocycles. The third kappa shape index (κ3) is 9.89. The average Bonchev–Trinajstić information content (AvgIpc) is 3.05. The summed E-state index contributed by atoms with van der Waals surface area (Å²) in [5, 5.41) is 0. The molecule has 5 heteroatoms. The molecular formula is C36H34As2Cl2Pt. The van der Waals surface area contributed by atoms with Gasteiger partial charge in [-0.05, 0) is 0 Å². The van der Waals surface area contributed by atoms with Crippen LogP contribution in [0.25, 0.3) is 0 Å². The van der Waals surface area contributed by atoms with Gasteiger partial charge in [0.1, 0.15) is 0 Å². The summed E-state index contributed by atoms with van der Waals surface area (Å²) >= 11 is -4.22. The molecule has 0 aliphatic rings. The van der Waals surface area contributed by atoms with E-state index in [1.807, 2.05) is 0 Å². The molecular weight excluding hydrogens is 848 g/mol. The normalized spacial score (nSPS) is 10.8. The van der Waals surface area contributed by atoms with Gasteiger partial charge in [0.05, 0.1) is 0 Å². The maximum atomic E-state index is 4.88. The maximum absolute atomic E-state index is 4.88. The number of rotatable bonds is 6. The van der Waals surface area contributed by atoms with E-state index in [1.54, 1.807) is 0 Å². The summed E-state index contributed by atoms with van der Waals surface area (Å²) in [5.74, 6) is 0. The van der Waals surface area contributed by atoms with E-state index in [1.165, 1.54) is 26.1 Å². The number of hydrogen-bond donors (Lipinski definition) is 0. The van der Waals surface area contributed by atoms with Crippen LogP contribution < -0.4 is 26.1 Å². The number of benzene rings is 6. The predicted molar refractivity (Wildman–Crippen MR) is 185 cm³/mol. The van der Waals surface area contributed by atoms with Gasteiger partial charge in [-0.15, -0.1) is 0 Å². The summed E-state index contributed by atoms with van der Waals surface area (Å²) in [5.41, 5.74) is 0. The van der Waals surface area contributed by atoms with Crippen molar-refractivity contribution in [1.82, 2.24) is 0 Å². The van der Waals surface area contributed by atoms with E-state index in [2.05, 4.69) is 182 Å². The first-order chi connectivity index (χ1) is 20.3. The fraction of sp³-hybridized carbons (Fsp3) is 0. The van der Waals surface area contributed by atoms with Gasteiger partial charge in [0, 0.05) is 0 Å². The Hall–Kier alpha value is -2.29. The van der Waals surface area contributed by atoms with Crippen molar-refractivity contribution in [3.8, 4) is 0 Å². The molecule has 41 heavy (non-hydrogen) atoms. The molecule has 0 atom stereocenters. The van der Waals surface area contributed by atoms with E-state index < -0.39 is 45.8 Å². The van der Waals surface area contributed by atoms with Crippen molar-refractivity contribution in [1.29, 1.82) is 0 Å². The molecule has 212 valence electrons. The fourth-order valence-electron chi connectivity index (χ4n) is 5.03. The Balaban J connectivity index is 0.000000173. The first kappa shape index (κ1) is 31.6. The van der Waals surface area contributed by atoms with Crippen LogP contribution in [0.5, 0.6) is 0 Å². The summed E-state index contributed by atoms with van der Waals surface area (Å²) < 4.78 is 9.12. The minimum absolute atomic E-state index is 0.472. The van der Waals surface area contributed by atoms with Crippen LogP contribution in [0, 0.1) is 0 Å². The van der Waals surface area contributed by atoms with Crippen LogP contribution in [0.15, 0.2) is 182 Å². The Bertz CT molecular complexity index is 1200. The number of hydrogen-bond acceptors (Lipinski definition) is 0. The molecule has 0 N–H and O–H groups in total. The SMILES string of the molecule is [Cl][Pt][Cl].c1ccc([AsH2](c2ccccc2)c2ccccc2)cc1.c1ccc([AsH2](c2ccccc2)c2ccccc2)cc1. The molecule has 0 nitrogen and oxygen atoms in total. The quantitative estimate of drug-likeness (QED) is 0.213. The standard InChI is InChI=1S/2C18H17As.2ClH.Pt/c2*1-4-10-16(11-5-1)19(17-12-6-2-7-13-17)18-14-8-3-9-15-18;;;/h2*1-15H,19H2;2*1H;/q;;;;+2/p-2. The van der Waals surface area contributed by atoms with Gasteiger partial charge in [-0.1, -0.05) is 0 Å². The summed E-state index contributed by atoms with van der Waals surface area (Å²) in [7, 11) is 9.75. The minimum atomic E-state index is -1.87. The Morgan fingerprint density at radius 1 is 0.268 bits per heavy atom. The van der Waals surface area contributed by atoms with E-state index in [4.69, 9.17) is 18.8 Å². The monoisotopic (exact) mass is 881 g/mol. The molecule has 0 aliphatic heterocycles. The molecule has 0 heterocycles. The number of halogens is 2. The Labute approximate surface area is 270 Å². The van der Waals surface area contributed by atoms with Crippen molar-refractivity contribution >= 4 is 74.2 Å². The van der Waals surface area contributed by atoms with E-state index >= 15 is 0 Å². The molecule has 0 amide bonds. The zero-order valence-corrected chi connectivity index (χ0v) is 31.2. The second-order valence-electron chi connectivity index (χ2n) is 9.38. The molecule has 0 radical (unpaired) electrons. The summed E-state index contributed by atoms with van der Waals surface area (Å²) in [6, 6.07) is 65.8. The third-order valence-corrected chi connectivity index (χ3v) is 20.0. The van der Waals surface area contributed by atoms with E-state index in [0.717, 1.165) is 0 Å². The van der Waals surface area contributed by atoms with Crippen molar-refractivity contribution < 1.29 is 16.5 Å². The molecule has 0 fully saturated rings. The predicted octanol–water partition coefficient (Wildman–Crippen LogP) is 4.71. The van der Waals surface area contributed by atoms with Crippen molar-refractivity contribution in [2.45, 2.75) is 0 Å². The van der Waals surface area contributed by atoms with Gasteiger partial charge < -0.3 is 0 Å². The first-order valence-corrected chi connectivity index (χ1v) is 26.3. The van der Waals surface area contributed by atoms with Crippen LogP contribution >= 0.6 is 18.8 Å². The first-order valence-electron chi connectivity index (χ1n) is 13.4. The van der Waals surface area contributed by atoms with Gasteiger partial charge in [0.25, 0.3) is 0 Å². The van der Waals surface area contributed by atoms with Crippen molar-refractivity contribution in [3.05, 3.63) is 182 Å². The van der Waals surface area contributed by atoms with Crippen LogP contribution in [-0.4, -0.2) is 29.3 Å². The Morgan fingerprint density at radius 3 is 0.512 bits per heavy atom. The van der Waals surface area contributed by atoms with Crippen LogP contribution in [0.3, 0.4) is 0 Å². The van der Waals surface area contributed by atoms with Crippen LogP contribution in [0.1, 0.15) is 0 Å². The second kappa shape index (κ2) is 18.3. The van der Waals surface area contributed by atoms with Crippen LogP contribution in [0.2, 0.25) is 0 Å². The topological polar surface area (TPSA) is 0 Å². The van der Waals surface area contributed by atoms with Crippen molar-refractivity contribution in [2.75, 3.05) is 0 Å². The zero-order chi connectivity index (χ0) is 28.5. The molecule has 6 aromatic rings. The average molecular weight is 882 g/mol.